The number of nitrogens with two attached hydrogens (primary N) is 1. The summed E-state index contributed by atoms with van der Waals surface area (Å²) in [5, 5.41) is 7.49. The average Bonchev–Trinajstić information content (AvgIpc) is 2.74. The van der Waals surface area contributed by atoms with E-state index in [1.807, 2.05) is 6.92 Å². The summed E-state index contributed by atoms with van der Waals surface area (Å²) in [6.07, 6.45) is 5.22. The van der Waals surface area contributed by atoms with E-state index in [9.17, 15) is 4.79 Å². The molecule has 0 aliphatic heterocycles. The summed E-state index contributed by atoms with van der Waals surface area (Å²) >= 11 is 0. The van der Waals surface area contributed by atoms with Crippen LogP contribution in [0.15, 0.2) is 0 Å². The summed E-state index contributed by atoms with van der Waals surface area (Å²) in [7, 11) is 0. The van der Waals surface area contributed by atoms with Gasteiger partial charge in [-0.1, -0.05) is 6.92 Å². The predicted octanol–water partition coefficient (Wildman–Crippen LogP) is 0.860. The lowest BCUT2D eigenvalue weighted by Crippen LogP contribution is -2.29. The monoisotopic (exact) mass is 250 g/mol. The molecule has 0 spiro atoms. The second-order valence-electron chi connectivity index (χ2n) is 4.75. The van der Waals surface area contributed by atoms with Gasteiger partial charge in [0.15, 0.2) is 0 Å². The molecule has 1 aliphatic carbocycles. The molecule has 3 N–H and O–H groups in total. The van der Waals surface area contributed by atoms with E-state index in [1.54, 1.807) is 4.68 Å². The third kappa shape index (κ3) is 2.56. The molecule has 18 heavy (non-hydrogen) atoms. The molecule has 0 saturated carbocycles. The first-order valence-corrected chi connectivity index (χ1v) is 6.84. The Morgan fingerprint density at radius 2 is 2.22 bits per heavy atom. The molecule has 1 heterocycles. The molecule has 0 radical (unpaired) electrons. The molecule has 1 amide bonds. The molecule has 5 heteroatoms. The molecule has 1 aromatic heterocycles. The first-order valence-electron chi connectivity index (χ1n) is 6.84. The molecule has 100 valence electrons. The molecule has 2 rings (SSSR count). The van der Waals surface area contributed by atoms with Crippen LogP contribution < -0.4 is 11.1 Å². The number of hydrogen-bond donors (Lipinski definition) is 2. The lowest BCUT2D eigenvalue weighted by atomic mass is 9.95. The minimum Gasteiger partial charge on any atom is -0.351 e. The zero-order valence-electron chi connectivity index (χ0n) is 11.0. The fourth-order valence-electron chi connectivity index (χ4n) is 2.47. The van der Waals surface area contributed by atoms with Gasteiger partial charge in [-0.2, -0.15) is 5.10 Å². The van der Waals surface area contributed by atoms with Crippen molar-refractivity contribution < 1.29 is 4.79 Å². The SMILES string of the molecule is CCCNC(=O)c1c2c(nn1CCN)CCCC2. The first-order chi connectivity index (χ1) is 8.77. The van der Waals surface area contributed by atoms with Crippen LogP contribution in [0.25, 0.3) is 0 Å². The van der Waals surface area contributed by atoms with Gasteiger partial charge < -0.3 is 11.1 Å². The Labute approximate surface area is 108 Å². The van der Waals surface area contributed by atoms with Gasteiger partial charge in [-0.05, 0) is 32.1 Å². The maximum atomic E-state index is 12.2. The van der Waals surface area contributed by atoms with Crippen molar-refractivity contribution in [1.29, 1.82) is 0 Å². The van der Waals surface area contributed by atoms with Crippen LogP contribution in [0, 0.1) is 0 Å². The summed E-state index contributed by atoms with van der Waals surface area (Å²) in [5.41, 5.74) is 8.57. The Hall–Kier alpha value is -1.36. The number of hydrogen-bond acceptors (Lipinski definition) is 3. The molecule has 5 nitrogen and oxygen atoms in total. The van der Waals surface area contributed by atoms with E-state index in [2.05, 4.69) is 10.4 Å². The molecular weight excluding hydrogens is 228 g/mol. The minimum absolute atomic E-state index is 0.000880. The number of aromatic nitrogens is 2. The highest BCUT2D eigenvalue weighted by molar-refractivity contribution is 5.94. The Morgan fingerprint density at radius 1 is 1.44 bits per heavy atom. The fourth-order valence-corrected chi connectivity index (χ4v) is 2.47. The quantitative estimate of drug-likeness (QED) is 0.814. The van der Waals surface area contributed by atoms with E-state index in [4.69, 9.17) is 5.73 Å². The van der Waals surface area contributed by atoms with Crippen molar-refractivity contribution in [2.24, 2.45) is 5.73 Å². The Bertz CT molecular complexity index is 425. The van der Waals surface area contributed by atoms with Crippen LogP contribution in [0.2, 0.25) is 0 Å². The number of fused-ring (bicyclic) bond motifs is 1. The number of rotatable bonds is 5. The zero-order valence-corrected chi connectivity index (χ0v) is 11.0. The van der Waals surface area contributed by atoms with E-state index >= 15 is 0 Å². The molecular formula is C13H22N4O. The highest BCUT2D eigenvalue weighted by Gasteiger charge is 2.24. The van der Waals surface area contributed by atoms with Gasteiger partial charge >= 0.3 is 0 Å². The number of nitrogens with zero attached hydrogens (tertiary/aromatic N) is 2. The maximum Gasteiger partial charge on any atom is 0.269 e. The molecule has 0 aromatic carbocycles. The van der Waals surface area contributed by atoms with Crippen molar-refractivity contribution in [2.45, 2.75) is 45.6 Å². The van der Waals surface area contributed by atoms with Gasteiger partial charge in [-0.3, -0.25) is 9.48 Å². The van der Waals surface area contributed by atoms with Gasteiger partial charge in [0.25, 0.3) is 5.91 Å². The van der Waals surface area contributed by atoms with E-state index in [-0.39, 0.29) is 5.91 Å². The molecule has 0 bridgehead atoms. The number of aryl methyl sites for hydroxylation is 1. The van der Waals surface area contributed by atoms with Gasteiger partial charge in [-0.15, -0.1) is 0 Å². The first kappa shape index (κ1) is 13.1. The highest BCUT2D eigenvalue weighted by atomic mass is 16.2. The van der Waals surface area contributed by atoms with Crippen molar-refractivity contribution in [3.63, 3.8) is 0 Å². The topological polar surface area (TPSA) is 72.9 Å². The molecule has 0 atom stereocenters. The number of carbonyl (C=O) groups excluding carboxylic acids is 1. The number of nitrogens with one attached hydrogen (secondary N) is 1. The van der Waals surface area contributed by atoms with Crippen LogP contribution in [0.5, 0.6) is 0 Å². The Kier molecular flexibility index (Phi) is 4.36. The largest absolute Gasteiger partial charge is 0.351 e. The molecule has 0 unspecified atom stereocenters. The van der Waals surface area contributed by atoms with Crippen LogP contribution in [0.3, 0.4) is 0 Å². The molecule has 1 aliphatic rings. The second kappa shape index (κ2) is 6.00. The third-order valence-corrected chi connectivity index (χ3v) is 3.32. The van der Waals surface area contributed by atoms with Crippen molar-refractivity contribution in [3.8, 4) is 0 Å². The van der Waals surface area contributed by atoms with Crippen LogP contribution >= 0.6 is 0 Å². The summed E-state index contributed by atoms with van der Waals surface area (Å²) < 4.78 is 1.79. The van der Waals surface area contributed by atoms with E-state index in [0.29, 0.717) is 19.6 Å². The molecule has 0 fully saturated rings. The standard InChI is InChI=1S/C13H22N4O/c1-2-8-15-13(18)12-10-5-3-4-6-11(10)16-17(12)9-7-14/h2-9,14H2,1H3,(H,15,18). The van der Waals surface area contributed by atoms with Crippen LogP contribution in [0.1, 0.15) is 47.9 Å². The smallest absolute Gasteiger partial charge is 0.269 e. The van der Waals surface area contributed by atoms with Crippen LogP contribution in [-0.4, -0.2) is 28.8 Å². The number of amides is 1. The predicted molar refractivity (Wildman–Crippen MR) is 70.5 cm³/mol. The van der Waals surface area contributed by atoms with Gasteiger partial charge in [0.05, 0.1) is 12.2 Å². The highest BCUT2D eigenvalue weighted by Crippen LogP contribution is 2.24. The summed E-state index contributed by atoms with van der Waals surface area (Å²) in [6, 6.07) is 0. The number of carbonyl (C=O) groups is 1. The van der Waals surface area contributed by atoms with Gasteiger partial charge in [0.2, 0.25) is 0 Å². The van der Waals surface area contributed by atoms with Crippen molar-refractivity contribution >= 4 is 5.91 Å². The Balaban J connectivity index is 2.29. The zero-order chi connectivity index (χ0) is 13.0. The van der Waals surface area contributed by atoms with Gasteiger partial charge in [0, 0.05) is 18.7 Å². The lowest BCUT2D eigenvalue weighted by Gasteiger charge is -2.11. The van der Waals surface area contributed by atoms with Crippen molar-refractivity contribution in [2.75, 3.05) is 13.1 Å². The second-order valence-corrected chi connectivity index (χ2v) is 4.75. The van der Waals surface area contributed by atoms with Crippen LogP contribution in [-0.2, 0) is 19.4 Å². The summed E-state index contributed by atoms with van der Waals surface area (Å²) in [5.74, 6) is 0.000880. The van der Waals surface area contributed by atoms with E-state index < -0.39 is 0 Å². The maximum absolute atomic E-state index is 12.2. The summed E-state index contributed by atoms with van der Waals surface area (Å²) in [6.45, 7) is 3.88. The minimum atomic E-state index is 0.000880. The van der Waals surface area contributed by atoms with E-state index in [1.165, 1.54) is 6.42 Å². The van der Waals surface area contributed by atoms with Gasteiger partial charge in [0.1, 0.15) is 5.69 Å². The normalized spacial score (nSPS) is 14.3. The summed E-state index contributed by atoms with van der Waals surface area (Å²) in [4.78, 5) is 12.2. The van der Waals surface area contributed by atoms with Crippen molar-refractivity contribution in [3.05, 3.63) is 17.0 Å². The third-order valence-electron chi connectivity index (χ3n) is 3.32. The lowest BCUT2D eigenvalue weighted by molar-refractivity contribution is 0.0942. The Morgan fingerprint density at radius 3 is 2.94 bits per heavy atom. The average molecular weight is 250 g/mol. The molecule has 1 aromatic rings. The van der Waals surface area contributed by atoms with E-state index in [0.717, 1.165) is 42.6 Å². The van der Waals surface area contributed by atoms with Crippen molar-refractivity contribution in [1.82, 2.24) is 15.1 Å². The molecule has 0 saturated heterocycles. The fraction of sp³-hybridized carbons (Fsp3) is 0.692. The van der Waals surface area contributed by atoms with Crippen LogP contribution in [0.4, 0.5) is 0 Å². The van der Waals surface area contributed by atoms with Gasteiger partial charge in [-0.25, -0.2) is 0 Å².